The van der Waals surface area contributed by atoms with Gasteiger partial charge in [0.1, 0.15) is 5.82 Å². The van der Waals surface area contributed by atoms with Gasteiger partial charge in [-0.2, -0.15) is 0 Å². The van der Waals surface area contributed by atoms with Crippen molar-refractivity contribution in [3.63, 3.8) is 0 Å². The van der Waals surface area contributed by atoms with E-state index in [1.807, 2.05) is 0 Å². The van der Waals surface area contributed by atoms with Crippen molar-refractivity contribution in [3.05, 3.63) is 24.4 Å². The quantitative estimate of drug-likeness (QED) is 0.339. The van der Waals surface area contributed by atoms with Crippen LogP contribution in [0.2, 0.25) is 0 Å². The Morgan fingerprint density at radius 3 is 2.74 bits per heavy atom. The summed E-state index contributed by atoms with van der Waals surface area (Å²) < 4.78 is 0. The lowest BCUT2D eigenvalue weighted by Crippen LogP contribution is -2.29. The average molecular weight is 266 g/mol. The molecule has 0 fully saturated rings. The molecule has 3 amide bonds. The molecule has 0 bridgehead atoms. The van der Waals surface area contributed by atoms with Crippen molar-refractivity contribution >= 4 is 17.8 Å². The van der Waals surface area contributed by atoms with Gasteiger partial charge >= 0.3 is 6.03 Å². The average Bonchev–Trinajstić information content (AvgIpc) is 2.43. The lowest BCUT2D eigenvalue weighted by atomic mass is 10.2. The largest absolute Gasteiger partial charge is 0.338 e. The Hall–Kier alpha value is -2.15. The van der Waals surface area contributed by atoms with E-state index in [-0.39, 0.29) is 18.4 Å². The molecule has 1 heterocycles. The van der Waals surface area contributed by atoms with Gasteiger partial charge in [-0.15, -0.1) is 0 Å². The molecule has 0 aliphatic heterocycles. The minimum atomic E-state index is -0.388. The second-order valence-electron chi connectivity index (χ2n) is 3.94. The van der Waals surface area contributed by atoms with Crippen molar-refractivity contribution in [1.82, 2.24) is 15.8 Å². The maximum atomic E-state index is 11.4. The number of rotatable bonds is 7. The number of amides is 3. The number of nitrogens with zero attached hydrogens (tertiary/aromatic N) is 1. The van der Waals surface area contributed by atoms with E-state index in [0.29, 0.717) is 18.8 Å². The van der Waals surface area contributed by atoms with Gasteiger partial charge in [0.05, 0.1) is 0 Å². The number of aromatic nitrogens is 1. The van der Waals surface area contributed by atoms with E-state index >= 15 is 0 Å². The molecular formula is C12H18N4O3. The maximum Gasteiger partial charge on any atom is 0.320 e. The molecule has 0 aromatic carbocycles. The molecule has 0 atom stereocenters. The summed E-state index contributed by atoms with van der Waals surface area (Å²) in [6.45, 7) is 0.527. The molecule has 1 aromatic heterocycles. The van der Waals surface area contributed by atoms with Gasteiger partial charge in [-0.05, 0) is 25.0 Å². The third-order valence-electron chi connectivity index (χ3n) is 2.40. The number of nitrogens with one attached hydrogen (secondary N) is 3. The van der Waals surface area contributed by atoms with Crippen molar-refractivity contribution in [2.24, 2.45) is 0 Å². The molecule has 7 heteroatoms. The molecule has 104 valence electrons. The van der Waals surface area contributed by atoms with E-state index in [4.69, 9.17) is 5.21 Å². The van der Waals surface area contributed by atoms with E-state index in [1.54, 1.807) is 29.9 Å². The molecule has 19 heavy (non-hydrogen) atoms. The molecule has 7 nitrogen and oxygen atoms in total. The highest BCUT2D eigenvalue weighted by Crippen LogP contribution is 2.00. The highest BCUT2D eigenvalue weighted by Gasteiger charge is 2.01. The minimum Gasteiger partial charge on any atom is -0.338 e. The zero-order valence-electron chi connectivity index (χ0n) is 10.6. The van der Waals surface area contributed by atoms with E-state index in [0.717, 1.165) is 12.8 Å². The molecule has 0 aliphatic carbocycles. The summed E-state index contributed by atoms with van der Waals surface area (Å²) in [7, 11) is 0. The summed E-state index contributed by atoms with van der Waals surface area (Å²) in [5.74, 6) is 0.112. The van der Waals surface area contributed by atoms with Crippen molar-refractivity contribution in [2.75, 3.05) is 11.9 Å². The Labute approximate surface area is 111 Å². The third kappa shape index (κ3) is 6.99. The van der Waals surface area contributed by atoms with E-state index in [1.165, 1.54) is 0 Å². The first-order valence-electron chi connectivity index (χ1n) is 6.11. The predicted octanol–water partition coefficient (Wildman–Crippen LogP) is 1.27. The molecule has 1 rings (SSSR count). The maximum absolute atomic E-state index is 11.4. The standard InChI is InChI=1S/C12H18N4O3/c17-11(16-19)7-2-1-4-9-14-12(18)15-10-6-3-5-8-13-10/h3,5-6,8,19H,1-2,4,7,9H2,(H,16,17)(H2,13,14,15,18). The Morgan fingerprint density at radius 1 is 1.21 bits per heavy atom. The Morgan fingerprint density at radius 2 is 2.05 bits per heavy atom. The van der Waals surface area contributed by atoms with Gasteiger partial charge < -0.3 is 5.32 Å². The van der Waals surface area contributed by atoms with Crippen LogP contribution in [0, 0.1) is 0 Å². The summed E-state index contributed by atoms with van der Waals surface area (Å²) in [4.78, 5) is 26.1. The zero-order chi connectivity index (χ0) is 13.9. The highest BCUT2D eigenvalue weighted by atomic mass is 16.5. The SMILES string of the molecule is O=C(CCCCCNC(=O)Nc1ccccn1)NO. The Bertz CT molecular complexity index is 397. The summed E-state index contributed by atoms with van der Waals surface area (Å²) in [6, 6.07) is 4.96. The fraction of sp³-hybridized carbons (Fsp3) is 0.417. The number of urea groups is 1. The normalized spacial score (nSPS) is 9.74. The molecule has 1 aromatic rings. The molecule has 0 unspecified atom stereocenters. The fourth-order valence-corrected chi connectivity index (χ4v) is 1.44. The van der Waals surface area contributed by atoms with E-state index in [2.05, 4.69) is 15.6 Å². The number of hydroxylamine groups is 1. The number of unbranched alkanes of at least 4 members (excludes halogenated alkanes) is 2. The summed E-state index contributed by atoms with van der Waals surface area (Å²) in [5.41, 5.74) is 1.58. The molecule has 0 aliphatic rings. The second kappa shape index (κ2) is 8.87. The molecule has 0 saturated heterocycles. The van der Waals surface area contributed by atoms with Crippen molar-refractivity contribution in [2.45, 2.75) is 25.7 Å². The zero-order valence-corrected chi connectivity index (χ0v) is 10.6. The van der Waals surface area contributed by atoms with Crippen LogP contribution in [0.5, 0.6) is 0 Å². The topological polar surface area (TPSA) is 103 Å². The first-order valence-corrected chi connectivity index (χ1v) is 6.11. The van der Waals surface area contributed by atoms with Crippen LogP contribution in [-0.4, -0.2) is 28.7 Å². The van der Waals surface area contributed by atoms with Crippen LogP contribution < -0.4 is 16.1 Å². The second-order valence-corrected chi connectivity index (χ2v) is 3.94. The van der Waals surface area contributed by atoms with Crippen molar-refractivity contribution in [1.29, 1.82) is 0 Å². The van der Waals surface area contributed by atoms with Gasteiger partial charge in [-0.3, -0.25) is 15.3 Å². The van der Waals surface area contributed by atoms with Crippen LogP contribution in [0.4, 0.5) is 10.6 Å². The van der Waals surface area contributed by atoms with E-state index < -0.39 is 0 Å². The minimum absolute atomic E-state index is 0.288. The highest BCUT2D eigenvalue weighted by molar-refractivity contribution is 5.88. The predicted molar refractivity (Wildman–Crippen MR) is 69.7 cm³/mol. The lowest BCUT2D eigenvalue weighted by molar-refractivity contribution is -0.129. The summed E-state index contributed by atoms with van der Waals surface area (Å²) in [5, 5.41) is 13.6. The van der Waals surface area contributed by atoms with Gasteiger partial charge in [-0.25, -0.2) is 15.3 Å². The van der Waals surface area contributed by atoms with Crippen LogP contribution in [-0.2, 0) is 4.79 Å². The first kappa shape index (κ1) is 14.9. The lowest BCUT2D eigenvalue weighted by Gasteiger charge is -2.06. The van der Waals surface area contributed by atoms with Crippen LogP contribution >= 0.6 is 0 Å². The molecule has 0 saturated carbocycles. The first-order chi connectivity index (χ1) is 9.22. The van der Waals surface area contributed by atoms with Gasteiger partial charge in [0, 0.05) is 19.2 Å². The number of carbonyl (C=O) groups is 2. The molecule has 4 N–H and O–H groups in total. The number of hydrogen-bond acceptors (Lipinski definition) is 4. The third-order valence-corrected chi connectivity index (χ3v) is 2.40. The number of anilines is 1. The summed E-state index contributed by atoms with van der Waals surface area (Å²) >= 11 is 0. The van der Waals surface area contributed by atoms with E-state index in [9.17, 15) is 9.59 Å². The van der Waals surface area contributed by atoms with Crippen LogP contribution in [0.25, 0.3) is 0 Å². The molecule has 0 radical (unpaired) electrons. The smallest absolute Gasteiger partial charge is 0.320 e. The monoisotopic (exact) mass is 266 g/mol. The summed E-state index contributed by atoms with van der Waals surface area (Å²) in [6.07, 6.45) is 4.14. The van der Waals surface area contributed by atoms with Crippen molar-refractivity contribution < 1.29 is 14.8 Å². The number of carbonyl (C=O) groups excluding carboxylic acids is 2. The van der Waals surface area contributed by atoms with Gasteiger partial charge in [-0.1, -0.05) is 12.5 Å². The molecular weight excluding hydrogens is 248 g/mol. The van der Waals surface area contributed by atoms with Gasteiger partial charge in [0.2, 0.25) is 5.91 Å². The number of hydrogen-bond donors (Lipinski definition) is 4. The van der Waals surface area contributed by atoms with Gasteiger partial charge in [0.15, 0.2) is 0 Å². The Kier molecular flexibility index (Phi) is 6.96. The van der Waals surface area contributed by atoms with Crippen molar-refractivity contribution in [3.8, 4) is 0 Å². The Balaban J connectivity index is 2.03. The van der Waals surface area contributed by atoms with Crippen LogP contribution in [0.15, 0.2) is 24.4 Å². The van der Waals surface area contributed by atoms with Crippen LogP contribution in [0.3, 0.4) is 0 Å². The molecule has 0 spiro atoms. The fourth-order valence-electron chi connectivity index (χ4n) is 1.44. The van der Waals surface area contributed by atoms with Gasteiger partial charge in [0.25, 0.3) is 0 Å². The number of pyridine rings is 1. The van der Waals surface area contributed by atoms with Crippen LogP contribution in [0.1, 0.15) is 25.7 Å².